The highest BCUT2D eigenvalue weighted by Crippen LogP contribution is 2.32. The average molecular weight is 491 g/mol. The van der Waals surface area contributed by atoms with Gasteiger partial charge in [-0.2, -0.15) is 5.10 Å². The summed E-state index contributed by atoms with van der Waals surface area (Å²) in [4.78, 5) is 24.0. The van der Waals surface area contributed by atoms with Crippen molar-refractivity contribution in [3.05, 3.63) is 84.8 Å². The van der Waals surface area contributed by atoms with Crippen LogP contribution in [0.4, 0.5) is 5.69 Å². The fraction of sp³-hybridized carbons (Fsp3) is 0.240. The maximum atomic E-state index is 12.9. The van der Waals surface area contributed by atoms with Crippen molar-refractivity contribution in [2.45, 2.75) is 38.1 Å². The van der Waals surface area contributed by atoms with Crippen LogP contribution >= 0.6 is 11.3 Å². The van der Waals surface area contributed by atoms with E-state index < -0.39 is 10.5 Å². The van der Waals surface area contributed by atoms with Gasteiger partial charge in [0, 0.05) is 34.5 Å². The SMILES string of the molecule is O=c1oc2ccccc2cc1-c1cs/c(=N/N=C/c2cc([N+](=O)[O-])ccc2O)n1C1CCCCC1. The highest BCUT2D eigenvalue weighted by atomic mass is 32.1. The summed E-state index contributed by atoms with van der Waals surface area (Å²) in [5.41, 5.74) is 1.36. The molecule has 0 unspecified atom stereocenters. The molecule has 5 rings (SSSR count). The van der Waals surface area contributed by atoms with Crippen molar-refractivity contribution in [2.75, 3.05) is 0 Å². The van der Waals surface area contributed by atoms with Crippen molar-refractivity contribution in [3.8, 4) is 17.0 Å². The molecule has 35 heavy (non-hydrogen) atoms. The normalized spacial score (nSPS) is 15.3. The minimum Gasteiger partial charge on any atom is -0.507 e. The molecular weight excluding hydrogens is 468 g/mol. The second kappa shape index (κ2) is 9.67. The van der Waals surface area contributed by atoms with E-state index >= 15 is 0 Å². The predicted octanol–water partition coefficient (Wildman–Crippen LogP) is 5.38. The van der Waals surface area contributed by atoms with Gasteiger partial charge in [-0.15, -0.1) is 16.4 Å². The van der Waals surface area contributed by atoms with Crippen LogP contribution in [0.5, 0.6) is 5.75 Å². The van der Waals surface area contributed by atoms with Crippen LogP contribution in [-0.2, 0) is 0 Å². The largest absolute Gasteiger partial charge is 0.507 e. The monoisotopic (exact) mass is 490 g/mol. The molecule has 0 aliphatic heterocycles. The van der Waals surface area contributed by atoms with Gasteiger partial charge in [-0.1, -0.05) is 37.5 Å². The average Bonchev–Trinajstić information content (AvgIpc) is 3.28. The number of thiazole rings is 1. The van der Waals surface area contributed by atoms with Gasteiger partial charge in [-0.3, -0.25) is 10.1 Å². The molecule has 1 aliphatic rings. The first-order valence-corrected chi connectivity index (χ1v) is 12.2. The number of hydrogen-bond acceptors (Lipinski definition) is 8. The Balaban J connectivity index is 1.60. The van der Waals surface area contributed by atoms with Crippen LogP contribution in [0.25, 0.3) is 22.2 Å². The zero-order chi connectivity index (χ0) is 24.4. The van der Waals surface area contributed by atoms with Gasteiger partial charge in [-0.05, 0) is 31.0 Å². The number of benzene rings is 2. The second-order valence-corrected chi connectivity index (χ2v) is 9.23. The van der Waals surface area contributed by atoms with Gasteiger partial charge in [0.15, 0.2) is 0 Å². The van der Waals surface area contributed by atoms with E-state index in [1.54, 1.807) is 6.07 Å². The lowest BCUT2D eigenvalue weighted by molar-refractivity contribution is -0.384. The zero-order valence-electron chi connectivity index (χ0n) is 18.7. The molecule has 178 valence electrons. The van der Waals surface area contributed by atoms with Crippen molar-refractivity contribution in [3.63, 3.8) is 0 Å². The van der Waals surface area contributed by atoms with Gasteiger partial charge in [0.05, 0.1) is 22.4 Å². The van der Waals surface area contributed by atoms with E-state index in [1.165, 1.54) is 42.2 Å². The first kappa shape index (κ1) is 22.7. The number of fused-ring (bicyclic) bond motifs is 1. The van der Waals surface area contributed by atoms with Gasteiger partial charge in [0.1, 0.15) is 11.3 Å². The third-order valence-corrected chi connectivity index (χ3v) is 6.99. The number of aromatic hydroxyl groups is 1. The Labute approximate surface area is 203 Å². The van der Waals surface area contributed by atoms with Gasteiger partial charge >= 0.3 is 5.63 Å². The molecule has 4 aromatic rings. The van der Waals surface area contributed by atoms with Crippen molar-refractivity contribution in [2.24, 2.45) is 10.2 Å². The van der Waals surface area contributed by atoms with Gasteiger partial charge in [0.25, 0.3) is 5.69 Å². The summed E-state index contributed by atoms with van der Waals surface area (Å²) >= 11 is 1.36. The maximum Gasteiger partial charge on any atom is 0.345 e. The van der Waals surface area contributed by atoms with Crippen LogP contribution in [0.1, 0.15) is 43.7 Å². The Morgan fingerprint density at radius 1 is 1.14 bits per heavy atom. The smallest absolute Gasteiger partial charge is 0.345 e. The number of phenols is 1. The van der Waals surface area contributed by atoms with E-state index in [0.717, 1.165) is 36.8 Å². The fourth-order valence-corrected chi connectivity index (χ4v) is 5.33. The molecule has 0 atom stereocenters. The van der Waals surface area contributed by atoms with E-state index in [0.29, 0.717) is 15.9 Å². The summed E-state index contributed by atoms with van der Waals surface area (Å²) in [6.07, 6.45) is 6.56. The van der Waals surface area contributed by atoms with Crippen LogP contribution in [0.15, 0.2) is 73.3 Å². The number of rotatable bonds is 5. The summed E-state index contributed by atoms with van der Waals surface area (Å²) in [6, 6.07) is 13.1. The standard InChI is InChI=1S/C25H22N4O5S/c30-22-11-10-19(29(32)33)12-17(22)14-26-27-25-28(18-7-2-1-3-8-18)21(15-35-25)20-13-16-6-4-5-9-23(16)34-24(20)31/h4-6,9-15,18,30H,1-3,7-8H2/b26-14+,27-25+. The van der Waals surface area contributed by atoms with Crippen molar-refractivity contribution in [1.82, 2.24) is 4.57 Å². The molecule has 2 aromatic carbocycles. The summed E-state index contributed by atoms with van der Waals surface area (Å²) in [5.74, 6) is -0.129. The van der Waals surface area contributed by atoms with Gasteiger partial charge < -0.3 is 14.1 Å². The molecule has 0 radical (unpaired) electrons. The molecule has 0 amide bonds. The number of phenolic OH excluding ortho intramolecular Hbond substituents is 1. The van der Waals surface area contributed by atoms with E-state index in [1.807, 2.05) is 29.6 Å². The van der Waals surface area contributed by atoms with Crippen LogP contribution in [0, 0.1) is 10.1 Å². The molecule has 0 saturated heterocycles. The topological polar surface area (TPSA) is 123 Å². The first-order valence-electron chi connectivity index (χ1n) is 11.3. The van der Waals surface area contributed by atoms with Crippen LogP contribution < -0.4 is 10.4 Å². The Hall–Kier alpha value is -4.05. The Morgan fingerprint density at radius 2 is 1.94 bits per heavy atom. The lowest BCUT2D eigenvalue weighted by Crippen LogP contribution is -2.24. The lowest BCUT2D eigenvalue weighted by Gasteiger charge is -2.24. The first-order chi connectivity index (χ1) is 17.0. The highest BCUT2D eigenvalue weighted by Gasteiger charge is 2.22. The third kappa shape index (κ3) is 4.65. The number of nitro benzene ring substituents is 1. The van der Waals surface area contributed by atoms with E-state index in [-0.39, 0.29) is 23.0 Å². The number of nitrogens with zero attached hydrogens (tertiary/aromatic N) is 4. The number of hydrogen-bond donors (Lipinski definition) is 1. The molecule has 10 heteroatoms. The van der Waals surface area contributed by atoms with E-state index in [9.17, 15) is 20.0 Å². The molecular formula is C25H22N4O5S. The van der Waals surface area contributed by atoms with Crippen molar-refractivity contribution < 1.29 is 14.4 Å². The van der Waals surface area contributed by atoms with Gasteiger partial charge in [0.2, 0.25) is 4.80 Å². The zero-order valence-corrected chi connectivity index (χ0v) is 19.5. The number of non-ortho nitro benzene ring substituents is 1. The quantitative estimate of drug-likeness (QED) is 0.174. The lowest BCUT2D eigenvalue weighted by atomic mass is 9.95. The highest BCUT2D eigenvalue weighted by molar-refractivity contribution is 7.07. The fourth-order valence-electron chi connectivity index (χ4n) is 4.42. The minimum atomic E-state index is -0.536. The number of nitro groups is 1. The van der Waals surface area contributed by atoms with Crippen molar-refractivity contribution in [1.29, 1.82) is 0 Å². The summed E-state index contributed by atoms with van der Waals surface area (Å²) < 4.78 is 7.63. The van der Waals surface area contributed by atoms with Crippen molar-refractivity contribution >= 4 is 34.2 Å². The third-order valence-electron chi connectivity index (χ3n) is 6.16. The summed E-state index contributed by atoms with van der Waals surface area (Å²) in [7, 11) is 0. The van der Waals surface area contributed by atoms with E-state index in [2.05, 4.69) is 14.8 Å². The Morgan fingerprint density at radius 3 is 2.74 bits per heavy atom. The molecule has 2 heterocycles. The van der Waals surface area contributed by atoms with Crippen LogP contribution in [0.2, 0.25) is 0 Å². The molecule has 0 bridgehead atoms. The van der Waals surface area contributed by atoms with Crippen LogP contribution in [0.3, 0.4) is 0 Å². The summed E-state index contributed by atoms with van der Waals surface area (Å²) in [6.45, 7) is 0. The molecule has 1 saturated carbocycles. The molecule has 2 aromatic heterocycles. The Kier molecular flexibility index (Phi) is 6.28. The Bertz CT molecular complexity index is 1560. The maximum absolute atomic E-state index is 12.9. The molecule has 1 N–H and O–H groups in total. The molecule has 1 fully saturated rings. The second-order valence-electron chi connectivity index (χ2n) is 8.40. The molecule has 9 nitrogen and oxygen atoms in total. The predicted molar refractivity (Wildman–Crippen MR) is 134 cm³/mol. The number of para-hydroxylation sites is 1. The number of aromatic nitrogens is 1. The van der Waals surface area contributed by atoms with E-state index in [4.69, 9.17) is 4.42 Å². The van der Waals surface area contributed by atoms with Gasteiger partial charge in [-0.25, -0.2) is 4.79 Å². The molecule has 1 aliphatic carbocycles. The summed E-state index contributed by atoms with van der Waals surface area (Å²) in [5, 5.41) is 32.3. The molecule has 0 spiro atoms. The minimum absolute atomic E-state index is 0.129. The van der Waals surface area contributed by atoms with Crippen LogP contribution in [-0.4, -0.2) is 20.8 Å².